The number of nitrogens with two attached hydrogens (primary N) is 2. The van der Waals surface area contributed by atoms with Crippen LogP contribution in [0, 0.1) is 0 Å². The van der Waals surface area contributed by atoms with Crippen LogP contribution in [0.3, 0.4) is 0 Å². The number of carboxylic acids is 1. The zero-order chi connectivity index (χ0) is 28.5. The zero-order valence-corrected chi connectivity index (χ0v) is 22.7. The number of amides is 1. The number of carboxylic acid groups (broad SMARTS) is 1. The second-order valence-corrected chi connectivity index (χ2v) is 8.98. The van der Waals surface area contributed by atoms with E-state index in [0.717, 1.165) is 11.1 Å². The lowest BCUT2D eigenvalue weighted by molar-refractivity contribution is -0.141. The van der Waals surface area contributed by atoms with Crippen LogP contribution in [0.2, 0.25) is 0 Å². The number of rotatable bonds is 10. The van der Waals surface area contributed by atoms with Crippen LogP contribution in [0.25, 0.3) is 11.1 Å². The topological polar surface area (TPSA) is 157 Å². The summed E-state index contributed by atoms with van der Waals surface area (Å²) >= 11 is 0. The summed E-state index contributed by atoms with van der Waals surface area (Å²) in [6.45, 7) is 0. The van der Waals surface area contributed by atoms with Gasteiger partial charge in [-0.25, -0.2) is 14.6 Å². The van der Waals surface area contributed by atoms with Crippen molar-refractivity contribution in [2.75, 3.05) is 0 Å². The lowest BCUT2D eigenvalue weighted by Gasteiger charge is -2.16. The Morgan fingerprint density at radius 3 is 2.10 bits per heavy atom. The smallest absolute Gasteiger partial charge is 0.343 e. The Labute approximate surface area is 243 Å². The van der Waals surface area contributed by atoms with E-state index in [-0.39, 0.29) is 37.0 Å². The molecule has 0 unspecified atom stereocenters. The van der Waals surface area contributed by atoms with Crippen molar-refractivity contribution in [2.45, 2.75) is 18.9 Å². The Hall–Kier alpha value is -5.15. The Morgan fingerprint density at radius 2 is 1.49 bits per heavy atom. The van der Waals surface area contributed by atoms with Gasteiger partial charge in [-0.3, -0.25) is 4.79 Å². The fourth-order valence-electron chi connectivity index (χ4n) is 4.11. The summed E-state index contributed by atoms with van der Waals surface area (Å²) in [5, 5.41) is 12.3. The van der Waals surface area contributed by atoms with Crippen LogP contribution in [-0.4, -0.2) is 35.0 Å². The van der Waals surface area contributed by atoms with Crippen molar-refractivity contribution in [3.05, 3.63) is 120 Å². The highest BCUT2D eigenvalue weighted by molar-refractivity contribution is 5.92. The maximum absolute atomic E-state index is 13.0. The Balaban J connectivity index is 0.00000462. The van der Waals surface area contributed by atoms with E-state index in [9.17, 15) is 19.5 Å². The molecule has 210 valence electrons. The van der Waals surface area contributed by atoms with Gasteiger partial charge in [0.1, 0.15) is 11.8 Å². The first-order valence-corrected chi connectivity index (χ1v) is 12.4. The molecule has 0 spiro atoms. The minimum Gasteiger partial charge on any atom is -0.480 e. The summed E-state index contributed by atoms with van der Waals surface area (Å²) in [6, 6.07) is 28.6. The quantitative estimate of drug-likeness (QED) is 0.0957. The van der Waals surface area contributed by atoms with Crippen LogP contribution < -0.4 is 21.5 Å². The summed E-state index contributed by atoms with van der Waals surface area (Å²) in [6.07, 6.45) is 0.0958. The molecule has 10 heteroatoms. The molecule has 0 aliphatic rings. The minimum absolute atomic E-state index is 0. The lowest BCUT2D eigenvalue weighted by Crippen LogP contribution is -2.43. The number of carbonyl (C=O) groups is 3. The van der Waals surface area contributed by atoms with Crippen molar-refractivity contribution < 1.29 is 24.2 Å². The number of hydrogen-bond acceptors (Lipinski definition) is 5. The molecule has 0 aliphatic heterocycles. The van der Waals surface area contributed by atoms with E-state index in [1.54, 1.807) is 42.5 Å². The van der Waals surface area contributed by atoms with Gasteiger partial charge in [0.25, 0.3) is 0 Å². The third kappa shape index (κ3) is 8.67. The number of ether oxygens (including phenoxy) is 1. The molecule has 4 aromatic rings. The molecule has 0 heterocycles. The van der Waals surface area contributed by atoms with E-state index in [0.29, 0.717) is 22.4 Å². The molecule has 0 saturated heterocycles. The summed E-state index contributed by atoms with van der Waals surface area (Å²) in [5.74, 6) is -1.94. The molecule has 4 rings (SSSR count). The molecule has 4 aromatic carbocycles. The van der Waals surface area contributed by atoms with E-state index < -0.39 is 23.9 Å². The van der Waals surface area contributed by atoms with Crippen molar-refractivity contribution in [3.63, 3.8) is 0 Å². The second kappa shape index (κ2) is 14.3. The van der Waals surface area contributed by atoms with Crippen molar-refractivity contribution in [2.24, 2.45) is 16.5 Å². The number of aliphatic carboxylic acids is 1. The number of nitrogens with one attached hydrogen (secondary N) is 1. The summed E-state index contributed by atoms with van der Waals surface area (Å²) < 4.78 is 5.60. The van der Waals surface area contributed by atoms with Gasteiger partial charge in [-0.15, -0.1) is 12.4 Å². The average Bonchev–Trinajstić information content (AvgIpc) is 2.94. The summed E-state index contributed by atoms with van der Waals surface area (Å²) in [5.41, 5.74) is 14.5. The van der Waals surface area contributed by atoms with Crippen LogP contribution in [-0.2, 0) is 22.4 Å². The molecule has 6 N–H and O–H groups in total. The maximum atomic E-state index is 13.0. The van der Waals surface area contributed by atoms with Gasteiger partial charge in [0.15, 0.2) is 5.96 Å². The van der Waals surface area contributed by atoms with Crippen LogP contribution in [0.5, 0.6) is 5.75 Å². The number of esters is 1. The molecular formula is C31H29ClN4O5. The van der Waals surface area contributed by atoms with E-state index >= 15 is 0 Å². The SMILES string of the molecule is Cl.NC(N)=Nc1ccc(C(=O)Oc2ccc(CC(=O)N[C@@H](Cc3ccccc3)C(=O)O)c(-c3ccccc3)c2)cc1. The molecule has 0 saturated carbocycles. The molecule has 9 nitrogen and oxygen atoms in total. The van der Waals surface area contributed by atoms with Crippen LogP contribution in [0.1, 0.15) is 21.5 Å². The highest BCUT2D eigenvalue weighted by Crippen LogP contribution is 2.29. The first kappa shape index (κ1) is 30.4. The highest BCUT2D eigenvalue weighted by atomic mass is 35.5. The number of guanidine groups is 1. The lowest BCUT2D eigenvalue weighted by atomic mass is 9.96. The van der Waals surface area contributed by atoms with E-state index in [4.69, 9.17) is 16.2 Å². The zero-order valence-electron chi connectivity index (χ0n) is 21.9. The fraction of sp³-hybridized carbons (Fsp3) is 0.0968. The van der Waals surface area contributed by atoms with Gasteiger partial charge in [-0.1, -0.05) is 66.7 Å². The van der Waals surface area contributed by atoms with E-state index in [1.165, 1.54) is 0 Å². The minimum atomic E-state index is -1.12. The largest absolute Gasteiger partial charge is 0.480 e. The van der Waals surface area contributed by atoms with Gasteiger partial charge < -0.3 is 26.6 Å². The number of aliphatic imine (C=N–C) groups is 1. The molecule has 1 amide bonds. The maximum Gasteiger partial charge on any atom is 0.343 e. The monoisotopic (exact) mass is 572 g/mol. The van der Waals surface area contributed by atoms with Gasteiger partial charge in [0, 0.05) is 6.42 Å². The van der Waals surface area contributed by atoms with Crippen LogP contribution >= 0.6 is 12.4 Å². The van der Waals surface area contributed by atoms with Crippen molar-refractivity contribution >= 4 is 41.9 Å². The summed E-state index contributed by atoms with van der Waals surface area (Å²) in [4.78, 5) is 41.5. The average molecular weight is 573 g/mol. The number of nitrogens with zero attached hydrogens (tertiary/aromatic N) is 1. The number of halogens is 1. The number of hydrogen-bond donors (Lipinski definition) is 4. The predicted molar refractivity (Wildman–Crippen MR) is 159 cm³/mol. The second-order valence-electron chi connectivity index (χ2n) is 8.98. The molecule has 0 aliphatic carbocycles. The van der Waals surface area contributed by atoms with Crippen LogP contribution in [0.15, 0.2) is 108 Å². The van der Waals surface area contributed by atoms with E-state index in [2.05, 4.69) is 10.3 Å². The highest BCUT2D eigenvalue weighted by Gasteiger charge is 2.21. The van der Waals surface area contributed by atoms with Crippen molar-refractivity contribution in [1.29, 1.82) is 0 Å². The predicted octanol–water partition coefficient (Wildman–Crippen LogP) is 4.25. The third-order valence-corrected chi connectivity index (χ3v) is 6.00. The first-order chi connectivity index (χ1) is 19.3. The Bertz CT molecular complexity index is 1520. The van der Waals surface area contributed by atoms with Gasteiger partial charge in [-0.05, 0) is 58.7 Å². The molecule has 1 atom stereocenters. The van der Waals surface area contributed by atoms with Gasteiger partial charge >= 0.3 is 11.9 Å². The van der Waals surface area contributed by atoms with Gasteiger partial charge in [-0.2, -0.15) is 0 Å². The Kier molecular flexibility index (Phi) is 10.6. The van der Waals surface area contributed by atoms with Gasteiger partial charge in [0.05, 0.1) is 17.7 Å². The van der Waals surface area contributed by atoms with E-state index in [1.807, 2.05) is 60.7 Å². The third-order valence-electron chi connectivity index (χ3n) is 6.00. The molecule has 41 heavy (non-hydrogen) atoms. The Morgan fingerprint density at radius 1 is 0.854 bits per heavy atom. The van der Waals surface area contributed by atoms with Crippen molar-refractivity contribution in [1.82, 2.24) is 5.32 Å². The van der Waals surface area contributed by atoms with Crippen LogP contribution in [0.4, 0.5) is 5.69 Å². The molecule has 0 radical (unpaired) electrons. The molecule has 0 fully saturated rings. The van der Waals surface area contributed by atoms with Crippen molar-refractivity contribution in [3.8, 4) is 16.9 Å². The number of carbonyl (C=O) groups excluding carboxylic acids is 2. The number of benzene rings is 4. The normalized spacial score (nSPS) is 10.9. The fourth-order valence-corrected chi connectivity index (χ4v) is 4.11. The van der Waals surface area contributed by atoms with Gasteiger partial charge in [0.2, 0.25) is 5.91 Å². The standard InChI is InChI=1S/C31H28N4O5.ClH/c32-31(33)34-24-14-11-22(12-15-24)30(39)40-25-16-13-23(26(19-25)21-9-5-2-6-10-21)18-28(36)35-27(29(37)38)17-20-7-3-1-4-8-20;/h1-16,19,27H,17-18H2,(H,35,36)(H,37,38)(H4,32,33,34);1H/t27-;/m0./s1. The molecule has 0 bridgehead atoms. The molecule has 0 aromatic heterocycles. The first-order valence-electron chi connectivity index (χ1n) is 12.4. The summed E-state index contributed by atoms with van der Waals surface area (Å²) in [7, 11) is 0. The molecular weight excluding hydrogens is 544 g/mol.